The molecule has 29 heavy (non-hydrogen) atoms. The van der Waals surface area contributed by atoms with Gasteiger partial charge in [-0.25, -0.2) is 0 Å². The van der Waals surface area contributed by atoms with Crippen LogP contribution in [0, 0.1) is 0 Å². The summed E-state index contributed by atoms with van der Waals surface area (Å²) in [6.45, 7) is 0. The second kappa shape index (κ2) is 8.03. The number of carbonyl (C=O) groups is 1. The highest BCUT2D eigenvalue weighted by Crippen LogP contribution is 2.46. The van der Waals surface area contributed by atoms with E-state index in [2.05, 4.69) is 10.2 Å². The van der Waals surface area contributed by atoms with Crippen LogP contribution in [-0.2, 0) is 4.79 Å². The van der Waals surface area contributed by atoms with Gasteiger partial charge in [0.05, 0.1) is 17.4 Å². The van der Waals surface area contributed by atoms with Crippen molar-refractivity contribution in [1.82, 2.24) is 0 Å². The summed E-state index contributed by atoms with van der Waals surface area (Å²) in [5, 5.41) is 19.0. The summed E-state index contributed by atoms with van der Waals surface area (Å²) in [5.74, 6) is -0.244. The van der Waals surface area contributed by atoms with E-state index in [9.17, 15) is 9.90 Å². The maximum atomic E-state index is 12.4. The average Bonchev–Trinajstić information content (AvgIpc) is 2.71. The van der Waals surface area contributed by atoms with Crippen molar-refractivity contribution in [3.63, 3.8) is 0 Å². The van der Waals surface area contributed by atoms with Crippen LogP contribution in [0.2, 0.25) is 10.0 Å². The predicted octanol–water partition coefficient (Wildman–Crippen LogP) is 6.81. The molecule has 146 valence electrons. The number of hydrogen-bond donors (Lipinski definition) is 1. The molecule has 0 aliphatic carbocycles. The number of carbonyl (C=O) groups excluding carboxylic acids is 1. The van der Waals surface area contributed by atoms with Gasteiger partial charge in [-0.15, -0.1) is 11.6 Å². The predicted molar refractivity (Wildman–Crippen MR) is 115 cm³/mol. The fraction of sp³-hybridized carbons (Fsp3) is 0.0952. The normalized spacial score (nSPS) is 18.9. The number of nitrogens with zero attached hydrogens (tertiary/aromatic N) is 3. The molecule has 2 unspecified atom stereocenters. The van der Waals surface area contributed by atoms with E-state index in [0.717, 1.165) is 0 Å². The standard InChI is InChI=1S/C21H14Cl3N3O2/c22-12-3-1-5-14(9-12)25-26-15-7-8-18(28)17(11-15)20-19(24)21(29)27(20)16-6-2-4-13(23)10-16/h1-11,19-20,28H. The lowest BCUT2D eigenvalue weighted by Gasteiger charge is -2.44. The van der Waals surface area contributed by atoms with Crippen molar-refractivity contribution in [3.8, 4) is 5.75 Å². The molecule has 0 aromatic heterocycles. The molecule has 1 aliphatic rings. The van der Waals surface area contributed by atoms with Gasteiger partial charge in [-0.05, 0) is 54.6 Å². The average molecular weight is 447 g/mol. The van der Waals surface area contributed by atoms with Crippen molar-refractivity contribution in [2.24, 2.45) is 10.2 Å². The smallest absolute Gasteiger partial charge is 0.248 e. The number of aromatic hydroxyl groups is 1. The number of benzene rings is 3. The lowest BCUT2D eigenvalue weighted by atomic mass is 9.91. The van der Waals surface area contributed by atoms with E-state index in [1.807, 2.05) is 0 Å². The van der Waals surface area contributed by atoms with E-state index < -0.39 is 11.4 Å². The zero-order valence-electron chi connectivity index (χ0n) is 14.8. The molecule has 3 aromatic rings. The summed E-state index contributed by atoms with van der Waals surface area (Å²) in [6.07, 6.45) is 0. The first kappa shape index (κ1) is 19.7. The minimum absolute atomic E-state index is 0.0156. The van der Waals surface area contributed by atoms with E-state index in [-0.39, 0.29) is 11.7 Å². The van der Waals surface area contributed by atoms with Crippen LogP contribution >= 0.6 is 34.8 Å². The molecule has 1 saturated heterocycles. The highest BCUT2D eigenvalue weighted by atomic mass is 35.5. The topological polar surface area (TPSA) is 65.3 Å². The molecular weight excluding hydrogens is 433 g/mol. The number of anilines is 1. The molecular formula is C21H14Cl3N3O2. The van der Waals surface area contributed by atoms with Crippen molar-refractivity contribution in [2.45, 2.75) is 11.4 Å². The maximum Gasteiger partial charge on any atom is 0.248 e. The molecule has 0 bridgehead atoms. The molecule has 1 amide bonds. The number of rotatable bonds is 4. The SMILES string of the molecule is O=C1C(Cl)C(c2cc(N=Nc3cccc(Cl)c3)ccc2O)N1c1cccc(Cl)c1. The molecule has 0 saturated carbocycles. The zero-order chi connectivity index (χ0) is 20.5. The first-order valence-electron chi connectivity index (χ1n) is 8.67. The van der Waals surface area contributed by atoms with E-state index in [1.54, 1.807) is 60.7 Å². The van der Waals surface area contributed by atoms with Crippen LogP contribution in [0.25, 0.3) is 0 Å². The lowest BCUT2D eigenvalue weighted by Crippen LogP contribution is -2.56. The van der Waals surface area contributed by atoms with Crippen molar-refractivity contribution in [2.75, 3.05) is 4.90 Å². The summed E-state index contributed by atoms with van der Waals surface area (Å²) in [5.41, 5.74) is 2.19. The second-order valence-corrected chi connectivity index (χ2v) is 7.80. The largest absolute Gasteiger partial charge is 0.508 e. The van der Waals surface area contributed by atoms with Crippen LogP contribution in [0.4, 0.5) is 17.1 Å². The van der Waals surface area contributed by atoms with Gasteiger partial charge in [0.15, 0.2) is 0 Å². The van der Waals surface area contributed by atoms with Crippen molar-refractivity contribution in [1.29, 1.82) is 0 Å². The summed E-state index contributed by atoms with van der Waals surface area (Å²) >= 11 is 18.3. The van der Waals surface area contributed by atoms with Crippen molar-refractivity contribution < 1.29 is 9.90 Å². The van der Waals surface area contributed by atoms with Crippen LogP contribution < -0.4 is 4.90 Å². The van der Waals surface area contributed by atoms with Gasteiger partial charge in [0.1, 0.15) is 11.1 Å². The van der Waals surface area contributed by atoms with Crippen molar-refractivity contribution >= 4 is 57.8 Å². The fourth-order valence-corrected chi connectivity index (χ4v) is 3.88. The van der Waals surface area contributed by atoms with Gasteiger partial charge in [0.25, 0.3) is 0 Å². The number of azo groups is 1. The Balaban J connectivity index is 1.67. The Labute approximate surface area is 182 Å². The van der Waals surface area contributed by atoms with Gasteiger partial charge in [0, 0.05) is 21.3 Å². The van der Waals surface area contributed by atoms with Crippen LogP contribution in [0.1, 0.15) is 11.6 Å². The molecule has 3 aromatic carbocycles. The van der Waals surface area contributed by atoms with E-state index >= 15 is 0 Å². The molecule has 2 atom stereocenters. The highest BCUT2D eigenvalue weighted by molar-refractivity contribution is 6.37. The summed E-state index contributed by atoms with van der Waals surface area (Å²) < 4.78 is 0. The van der Waals surface area contributed by atoms with Gasteiger partial charge in [-0.2, -0.15) is 10.2 Å². The van der Waals surface area contributed by atoms with Gasteiger partial charge < -0.3 is 10.0 Å². The van der Waals surface area contributed by atoms with Crippen LogP contribution in [-0.4, -0.2) is 16.4 Å². The Morgan fingerprint density at radius 1 is 0.862 bits per heavy atom. The number of phenols is 1. The Morgan fingerprint density at radius 2 is 1.52 bits per heavy atom. The Hall–Kier alpha value is -2.60. The minimum atomic E-state index is -0.806. The highest BCUT2D eigenvalue weighted by Gasteiger charge is 2.49. The molecule has 1 heterocycles. The Bertz CT molecular complexity index is 1120. The van der Waals surface area contributed by atoms with Crippen LogP contribution in [0.3, 0.4) is 0 Å². The monoisotopic (exact) mass is 445 g/mol. The number of phenolic OH excluding ortho intramolecular Hbond substituents is 1. The molecule has 1 aliphatic heterocycles. The maximum absolute atomic E-state index is 12.4. The van der Waals surface area contributed by atoms with Crippen molar-refractivity contribution in [3.05, 3.63) is 82.3 Å². The molecule has 8 heteroatoms. The first-order valence-corrected chi connectivity index (χ1v) is 9.86. The van der Waals surface area contributed by atoms with Gasteiger partial charge in [-0.3, -0.25) is 4.79 Å². The molecule has 4 rings (SSSR count). The Morgan fingerprint density at radius 3 is 2.21 bits per heavy atom. The van der Waals surface area contributed by atoms with Gasteiger partial charge >= 0.3 is 0 Å². The molecule has 1 fully saturated rings. The zero-order valence-corrected chi connectivity index (χ0v) is 17.1. The number of alkyl halides is 1. The lowest BCUT2D eigenvalue weighted by molar-refractivity contribution is -0.123. The number of amides is 1. The minimum Gasteiger partial charge on any atom is -0.508 e. The molecule has 5 nitrogen and oxygen atoms in total. The van der Waals surface area contributed by atoms with E-state index in [1.165, 1.54) is 11.0 Å². The molecule has 1 N–H and O–H groups in total. The number of halogens is 3. The van der Waals surface area contributed by atoms with E-state index in [0.29, 0.717) is 32.7 Å². The quantitative estimate of drug-likeness (QED) is 0.272. The Kier molecular flexibility index (Phi) is 5.46. The first-order chi connectivity index (χ1) is 13.9. The van der Waals surface area contributed by atoms with Crippen LogP contribution in [0.5, 0.6) is 5.75 Å². The third-order valence-electron chi connectivity index (χ3n) is 4.53. The van der Waals surface area contributed by atoms with E-state index in [4.69, 9.17) is 34.8 Å². The number of hydrogen-bond acceptors (Lipinski definition) is 4. The van der Waals surface area contributed by atoms with Gasteiger partial charge in [-0.1, -0.05) is 35.3 Å². The second-order valence-electron chi connectivity index (χ2n) is 6.46. The van der Waals surface area contributed by atoms with Crippen LogP contribution in [0.15, 0.2) is 77.0 Å². The summed E-state index contributed by atoms with van der Waals surface area (Å²) in [4.78, 5) is 13.9. The number of β-lactam (4-membered cyclic amide) rings is 1. The summed E-state index contributed by atoms with van der Waals surface area (Å²) in [7, 11) is 0. The summed E-state index contributed by atoms with van der Waals surface area (Å²) in [6, 6.07) is 18.1. The third-order valence-corrected chi connectivity index (χ3v) is 5.43. The van der Waals surface area contributed by atoms with Gasteiger partial charge in [0.2, 0.25) is 5.91 Å². The fourth-order valence-electron chi connectivity index (χ4n) is 3.16. The molecule has 0 radical (unpaired) electrons. The third kappa shape index (κ3) is 3.94. The molecule has 0 spiro atoms.